The van der Waals surface area contributed by atoms with Crippen LogP contribution in [0.25, 0.3) is 0 Å². The molecule has 5 atom stereocenters. The van der Waals surface area contributed by atoms with Crippen LogP contribution in [-0.4, -0.2) is 139 Å². The monoisotopic (exact) mass is 1260 g/mol. The zero-order valence-corrected chi connectivity index (χ0v) is 52.4. The minimum absolute atomic E-state index is 0.0435. The fraction of sp³-hybridized carbons (Fsp3) is 0.508. The summed E-state index contributed by atoms with van der Waals surface area (Å²) in [5.41, 5.74) is 6.13. The van der Waals surface area contributed by atoms with Gasteiger partial charge in [0, 0.05) is 123 Å². The number of carbonyl (C=O) groups is 11. The van der Waals surface area contributed by atoms with Crippen molar-refractivity contribution in [2.45, 2.75) is 185 Å². The first kappa shape index (κ1) is 73.2. The molecule has 2 amide bonds. The summed E-state index contributed by atoms with van der Waals surface area (Å²) in [5, 5.41) is 52.0. The number of carbonyl (C=O) groups excluding carboxylic acids is 6. The molecular formula is C65H85N4O19S+. The maximum Gasteiger partial charge on any atom is 0.303 e. The second kappa shape index (κ2) is 33.4. The molecule has 0 spiro atoms. The van der Waals surface area contributed by atoms with Gasteiger partial charge in [0.2, 0.25) is 17.5 Å². The van der Waals surface area contributed by atoms with Gasteiger partial charge in [-0.05, 0) is 109 Å². The molecule has 23 nitrogen and oxygen atoms in total. The second-order valence-electron chi connectivity index (χ2n) is 23.8. The normalized spacial score (nSPS) is 16.4. The summed E-state index contributed by atoms with van der Waals surface area (Å²) in [6.07, 6.45) is 7.78. The zero-order valence-electron chi connectivity index (χ0n) is 51.6. The third-order valence-electron chi connectivity index (χ3n) is 16.3. The first-order chi connectivity index (χ1) is 41.7. The van der Waals surface area contributed by atoms with Crippen LogP contribution in [0.15, 0.2) is 89.5 Å². The van der Waals surface area contributed by atoms with Gasteiger partial charge < -0.3 is 41.1 Å². The second-order valence-corrected chi connectivity index (χ2v) is 25.2. The van der Waals surface area contributed by atoms with Crippen molar-refractivity contribution in [1.29, 1.82) is 0 Å². The average molecular weight is 1260 g/mol. The van der Waals surface area contributed by atoms with Gasteiger partial charge in [-0.2, -0.15) is 13.0 Å². The van der Waals surface area contributed by atoms with Crippen LogP contribution in [0.3, 0.4) is 0 Å². The number of ketones is 4. The molecule has 8 N–H and O–H groups in total. The number of anilines is 1. The maximum absolute atomic E-state index is 14.0. The molecule has 0 saturated heterocycles. The molecule has 2 aromatic rings. The number of hydrogen-bond acceptors (Lipinski definition) is 14. The van der Waals surface area contributed by atoms with E-state index >= 15 is 0 Å². The predicted molar refractivity (Wildman–Crippen MR) is 329 cm³/mol. The quantitative estimate of drug-likeness (QED) is 0.0135. The van der Waals surface area contributed by atoms with Gasteiger partial charge in [-0.25, -0.2) is 0 Å². The van der Waals surface area contributed by atoms with Crippen LogP contribution in [0.1, 0.15) is 167 Å². The number of hydrogen-bond donors (Lipinski definition) is 8. The minimum Gasteiger partial charge on any atom is -0.481 e. The van der Waals surface area contributed by atoms with Crippen LogP contribution in [0, 0.1) is 24.7 Å². The Morgan fingerprint density at radius 3 is 1.60 bits per heavy atom. The fourth-order valence-corrected chi connectivity index (χ4v) is 11.8. The number of aliphatic carboxylic acids is 5. The number of carboxylic acids is 5. The van der Waals surface area contributed by atoms with E-state index in [4.69, 9.17) is 5.11 Å². The number of nitrogens with one attached hydrogen (secondary N) is 2. The molecule has 0 unspecified atom stereocenters. The van der Waals surface area contributed by atoms with Gasteiger partial charge in [-0.15, -0.1) is 0 Å². The molecule has 484 valence electrons. The van der Waals surface area contributed by atoms with Crippen molar-refractivity contribution in [3.63, 3.8) is 0 Å². The van der Waals surface area contributed by atoms with Crippen molar-refractivity contribution < 1.29 is 95.8 Å². The number of allylic oxidation sites excluding steroid dienone is 8. The number of fused-ring (bicyclic) bond motifs is 2. The molecule has 0 bridgehead atoms. The molecular weight excluding hydrogens is 1170 g/mol. The highest BCUT2D eigenvalue weighted by molar-refractivity contribution is 7.85. The third-order valence-corrected chi connectivity index (χ3v) is 17.2. The highest BCUT2D eigenvalue weighted by Crippen LogP contribution is 2.48. The molecule has 2 aliphatic rings. The SMILES string of the molecule is CCN1C(=CC=CC=CC=CC2=[N+](CCCCCC(=O)C[C@H](CCC(=O)O)C(=O)N[C@H](CCC(=O)O)C(=O)C[C@H](CCC(=O)O)C(=O)N[C@H](CCC(=O)O)C(=O)C[C@H](CCC(=O)O)C(C)=O)c3ccc(S(=O)(=O)O)cc3C2(C)C)C(C)(C)c2cc(C)ccc21. The van der Waals surface area contributed by atoms with Crippen molar-refractivity contribution in [3.05, 3.63) is 101 Å². The van der Waals surface area contributed by atoms with Crippen LogP contribution in [-0.2, 0) is 73.7 Å². The van der Waals surface area contributed by atoms with Gasteiger partial charge in [0.25, 0.3) is 10.1 Å². The number of rotatable bonds is 40. The van der Waals surface area contributed by atoms with E-state index in [-0.39, 0.29) is 29.6 Å². The Labute approximate surface area is 518 Å². The Balaban J connectivity index is 1.49. The molecule has 24 heteroatoms. The molecule has 0 aromatic heterocycles. The van der Waals surface area contributed by atoms with E-state index in [1.807, 2.05) is 54.9 Å². The average Bonchev–Trinajstić information content (AvgIpc) is 1.66. The number of carboxylic acid groups (broad SMARTS) is 5. The standard InChI is InChI=1S/C65H84N4O19S/c1-8-68-51-27-20-40(2)35-47(51)64(4,5)55(68)18-14-10-9-11-15-19-56-65(6,7)48-39-46(89(86,87)88)24-28-52(48)69(56)34-16-12-13-17-45(71)36-43(22-30-58(76)77)62(84)66-50(26-33-61(82)83)54(73)38-44(23-31-59(78)79)63(85)67-49(25-32-60(80)81)53(72)37-42(41(3)70)21-29-57(74)75/h9-11,14-15,18-20,24,27-28,35,39,42-44,49-50H,8,12-13,16-17,21-23,25-26,29-34,36-38H2,1-7H3,(H7-,66,67,74,75,76,77,78,79,80,81,82,83,84,85,86,87,88)/p+1/t42-,43-,44-,49+,50+/m0/s1. The smallest absolute Gasteiger partial charge is 0.303 e. The number of Topliss-reactive ketones (excluding diaryl/α,β-unsaturated/α-hetero) is 4. The first-order valence-corrected chi connectivity index (χ1v) is 31.3. The fourth-order valence-electron chi connectivity index (χ4n) is 11.3. The Kier molecular flexibility index (Phi) is 27.4. The molecule has 2 aliphatic heterocycles. The van der Waals surface area contributed by atoms with E-state index < -0.39 is 181 Å². The number of benzene rings is 2. The van der Waals surface area contributed by atoms with Gasteiger partial charge >= 0.3 is 29.8 Å². The van der Waals surface area contributed by atoms with Crippen molar-refractivity contribution in [3.8, 4) is 0 Å². The first-order valence-electron chi connectivity index (χ1n) is 29.8. The molecule has 0 saturated carbocycles. The van der Waals surface area contributed by atoms with Crippen molar-refractivity contribution in [2.24, 2.45) is 17.8 Å². The van der Waals surface area contributed by atoms with Crippen molar-refractivity contribution in [2.75, 3.05) is 18.0 Å². The highest BCUT2D eigenvalue weighted by atomic mass is 32.2. The lowest BCUT2D eigenvalue weighted by atomic mass is 9.81. The number of aryl methyl sites for hydroxylation is 1. The molecule has 2 heterocycles. The number of nitrogens with zero attached hydrogens (tertiary/aromatic N) is 2. The van der Waals surface area contributed by atoms with E-state index in [9.17, 15) is 86.1 Å². The number of unbranched alkanes of at least 4 members (excludes halogenated alkanes) is 2. The Bertz CT molecular complexity index is 3300. The number of amides is 2. The summed E-state index contributed by atoms with van der Waals surface area (Å²) in [6, 6.07) is 7.68. The van der Waals surface area contributed by atoms with Crippen LogP contribution < -0.4 is 15.5 Å². The van der Waals surface area contributed by atoms with Crippen molar-refractivity contribution in [1.82, 2.24) is 10.6 Å². The predicted octanol–water partition coefficient (Wildman–Crippen LogP) is 8.16. The van der Waals surface area contributed by atoms with Crippen LogP contribution in [0.5, 0.6) is 0 Å². The van der Waals surface area contributed by atoms with Crippen molar-refractivity contribution >= 4 is 92.0 Å². The van der Waals surface area contributed by atoms with Crippen LogP contribution >= 0.6 is 0 Å². The maximum atomic E-state index is 14.0. The topological polar surface area (TPSA) is 374 Å². The van der Waals surface area contributed by atoms with Gasteiger partial charge in [0.05, 0.1) is 22.4 Å². The van der Waals surface area contributed by atoms with Gasteiger partial charge in [-0.1, -0.05) is 61.9 Å². The molecule has 89 heavy (non-hydrogen) atoms. The van der Waals surface area contributed by atoms with Crippen LogP contribution in [0.2, 0.25) is 0 Å². The van der Waals surface area contributed by atoms with E-state index in [2.05, 4.69) is 67.5 Å². The molecule has 0 aliphatic carbocycles. The van der Waals surface area contributed by atoms with Gasteiger partial charge in [0.1, 0.15) is 18.1 Å². The zero-order chi connectivity index (χ0) is 66.6. The minimum atomic E-state index is -4.54. The lowest BCUT2D eigenvalue weighted by molar-refractivity contribution is -0.438. The lowest BCUT2D eigenvalue weighted by Gasteiger charge is -2.25. The number of likely N-dealkylation sites (N-methyl/N-ethyl adjacent to an activating group) is 1. The highest BCUT2D eigenvalue weighted by Gasteiger charge is 2.45. The van der Waals surface area contributed by atoms with E-state index in [1.165, 1.54) is 34.6 Å². The Morgan fingerprint density at radius 2 is 1.08 bits per heavy atom. The summed E-state index contributed by atoms with van der Waals surface area (Å²) in [5.74, 6) is -15.5. The summed E-state index contributed by atoms with van der Waals surface area (Å²) in [7, 11) is -4.54. The largest absolute Gasteiger partial charge is 0.481 e. The Morgan fingerprint density at radius 1 is 0.584 bits per heavy atom. The summed E-state index contributed by atoms with van der Waals surface area (Å²) in [6.45, 7) is 14.9. The van der Waals surface area contributed by atoms with Gasteiger partial charge in [-0.3, -0.25) is 57.3 Å². The molecule has 4 rings (SSSR count). The van der Waals surface area contributed by atoms with Gasteiger partial charge in [0.15, 0.2) is 17.3 Å². The summed E-state index contributed by atoms with van der Waals surface area (Å²) < 4.78 is 36.5. The summed E-state index contributed by atoms with van der Waals surface area (Å²) >= 11 is 0. The van der Waals surface area contributed by atoms with E-state index in [1.54, 1.807) is 6.07 Å². The molecule has 0 radical (unpaired) electrons. The van der Waals surface area contributed by atoms with E-state index in [0.29, 0.717) is 31.4 Å². The van der Waals surface area contributed by atoms with Crippen LogP contribution in [0.4, 0.5) is 11.4 Å². The third kappa shape index (κ3) is 21.8. The Hall–Kier alpha value is -8.25. The summed E-state index contributed by atoms with van der Waals surface area (Å²) in [4.78, 5) is 141. The molecule has 2 aromatic carbocycles. The lowest BCUT2D eigenvalue weighted by Crippen LogP contribution is -2.47. The van der Waals surface area contributed by atoms with E-state index in [0.717, 1.165) is 24.9 Å². The molecule has 0 fully saturated rings.